The van der Waals surface area contributed by atoms with Crippen LogP contribution in [0.1, 0.15) is 29.6 Å². The summed E-state index contributed by atoms with van der Waals surface area (Å²) in [7, 11) is 1.58. The number of hydrogen-bond acceptors (Lipinski definition) is 5. The van der Waals surface area contributed by atoms with E-state index < -0.39 is 0 Å². The molecule has 2 heterocycles. The molecule has 31 heavy (non-hydrogen) atoms. The fourth-order valence-electron chi connectivity index (χ4n) is 3.30. The predicted molar refractivity (Wildman–Crippen MR) is 119 cm³/mol. The summed E-state index contributed by atoms with van der Waals surface area (Å²) in [5.41, 5.74) is 3.09. The number of anilines is 1. The molecule has 0 saturated carbocycles. The topological polar surface area (TPSA) is 86.1 Å². The molecule has 1 N–H and O–H groups in total. The molecule has 4 rings (SSSR count). The van der Waals surface area contributed by atoms with Gasteiger partial charge in [0.05, 0.1) is 30.0 Å². The van der Waals surface area contributed by atoms with Crippen molar-refractivity contribution in [1.29, 1.82) is 0 Å². The van der Waals surface area contributed by atoms with Crippen LogP contribution in [-0.2, 0) is 4.79 Å². The number of benzene rings is 2. The number of carbonyl (C=O) groups is 2. The van der Waals surface area contributed by atoms with Crippen molar-refractivity contribution in [1.82, 2.24) is 14.5 Å². The van der Waals surface area contributed by atoms with Crippen LogP contribution >= 0.6 is 0 Å². The molecule has 0 bridgehead atoms. The molecule has 0 fully saturated rings. The van der Waals surface area contributed by atoms with E-state index in [1.807, 2.05) is 34.9 Å². The highest BCUT2D eigenvalue weighted by Gasteiger charge is 2.09. The first-order chi connectivity index (χ1) is 15.1. The van der Waals surface area contributed by atoms with Crippen LogP contribution in [0.4, 0.5) is 5.69 Å². The maximum atomic E-state index is 12.2. The normalized spacial score (nSPS) is 10.7. The molecule has 0 spiro atoms. The Balaban J connectivity index is 1.29. The average molecular weight is 414 g/mol. The van der Waals surface area contributed by atoms with E-state index in [0.29, 0.717) is 29.8 Å². The number of aromatic nitrogens is 3. The number of fused-ring (bicyclic) bond motifs is 1. The molecule has 1 amide bonds. The molecule has 0 unspecified atom stereocenters. The van der Waals surface area contributed by atoms with Crippen LogP contribution in [0.3, 0.4) is 0 Å². The van der Waals surface area contributed by atoms with Crippen LogP contribution < -0.4 is 10.1 Å². The predicted octanol–water partition coefficient (Wildman–Crippen LogP) is 4.42. The zero-order valence-corrected chi connectivity index (χ0v) is 17.1. The Hall–Kier alpha value is -4.00. The number of ketones is 1. The van der Waals surface area contributed by atoms with Crippen molar-refractivity contribution in [2.75, 3.05) is 12.4 Å². The Labute approximate surface area is 179 Å². The Kier molecular flexibility index (Phi) is 6.03. The van der Waals surface area contributed by atoms with E-state index in [2.05, 4.69) is 15.3 Å². The Morgan fingerprint density at radius 1 is 0.968 bits per heavy atom. The second-order valence-corrected chi connectivity index (χ2v) is 7.06. The van der Waals surface area contributed by atoms with E-state index in [1.54, 1.807) is 50.0 Å². The number of carbonyl (C=O) groups excluding carboxylic acids is 2. The molecule has 4 aromatic rings. The Morgan fingerprint density at radius 3 is 2.52 bits per heavy atom. The fraction of sp³-hybridized carbons (Fsp3) is 0.167. The molecule has 2 aromatic heterocycles. The third-order valence-corrected chi connectivity index (χ3v) is 4.95. The molecule has 7 nitrogen and oxygen atoms in total. The number of hydrogen-bond donors (Lipinski definition) is 1. The number of pyridine rings is 1. The van der Waals surface area contributed by atoms with Crippen molar-refractivity contribution in [2.24, 2.45) is 0 Å². The van der Waals surface area contributed by atoms with Gasteiger partial charge in [0.25, 0.3) is 0 Å². The molecule has 0 atom stereocenters. The average Bonchev–Trinajstić information content (AvgIpc) is 3.24. The second kappa shape index (κ2) is 9.21. The molecule has 0 aliphatic carbocycles. The van der Waals surface area contributed by atoms with Gasteiger partial charge in [0, 0.05) is 18.4 Å². The van der Waals surface area contributed by atoms with Gasteiger partial charge in [-0.1, -0.05) is 12.1 Å². The molecule has 0 saturated heterocycles. The SMILES string of the molecule is COc1ccc(C(=O)CCCC(=O)Nc2ccc(-n3cnc4ccccc43)nc2)cc1. The molecular weight excluding hydrogens is 392 g/mol. The molecule has 156 valence electrons. The number of ether oxygens (including phenoxy) is 1. The first-order valence-corrected chi connectivity index (χ1v) is 9.99. The molecule has 0 aliphatic heterocycles. The van der Waals surface area contributed by atoms with Gasteiger partial charge in [-0.2, -0.15) is 0 Å². The van der Waals surface area contributed by atoms with Crippen molar-refractivity contribution < 1.29 is 14.3 Å². The number of nitrogens with zero attached hydrogens (tertiary/aromatic N) is 3. The van der Waals surface area contributed by atoms with Crippen LogP contribution in [0.2, 0.25) is 0 Å². The summed E-state index contributed by atoms with van der Waals surface area (Å²) in [6.07, 6.45) is 4.39. The molecule has 0 aliphatic rings. The van der Waals surface area contributed by atoms with E-state index in [-0.39, 0.29) is 18.1 Å². The van der Waals surface area contributed by atoms with Crippen LogP contribution in [-0.4, -0.2) is 33.3 Å². The third kappa shape index (κ3) is 4.78. The lowest BCUT2D eigenvalue weighted by atomic mass is 10.1. The standard InChI is InChI=1S/C24H22N4O3/c1-31-19-12-9-17(10-13-19)22(29)7-4-8-24(30)27-18-11-14-23(25-15-18)28-16-26-20-5-2-3-6-21(20)28/h2-3,5-6,9-16H,4,7-8H2,1H3,(H,27,30). The van der Waals surface area contributed by atoms with Crippen LogP contribution in [0.5, 0.6) is 5.75 Å². The highest BCUT2D eigenvalue weighted by molar-refractivity contribution is 5.96. The summed E-state index contributed by atoms with van der Waals surface area (Å²) in [4.78, 5) is 33.3. The smallest absolute Gasteiger partial charge is 0.224 e. The van der Waals surface area contributed by atoms with Gasteiger partial charge in [0.1, 0.15) is 17.9 Å². The maximum absolute atomic E-state index is 12.2. The number of para-hydroxylation sites is 2. The minimum atomic E-state index is -0.148. The van der Waals surface area contributed by atoms with Gasteiger partial charge in [-0.15, -0.1) is 0 Å². The quantitative estimate of drug-likeness (QED) is 0.431. The lowest BCUT2D eigenvalue weighted by Gasteiger charge is -2.07. The minimum Gasteiger partial charge on any atom is -0.497 e. The van der Waals surface area contributed by atoms with E-state index in [9.17, 15) is 9.59 Å². The Morgan fingerprint density at radius 2 is 1.77 bits per heavy atom. The monoisotopic (exact) mass is 414 g/mol. The number of imidazole rings is 1. The summed E-state index contributed by atoms with van der Waals surface area (Å²) in [6, 6.07) is 18.4. The fourth-order valence-corrected chi connectivity index (χ4v) is 3.30. The molecule has 2 aromatic carbocycles. The summed E-state index contributed by atoms with van der Waals surface area (Å²) in [6.45, 7) is 0. The number of methoxy groups -OCH3 is 1. The minimum absolute atomic E-state index is 0.00836. The Bertz CT molecular complexity index is 1200. The van der Waals surface area contributed by atoms with Crippen molar-refractivity contribution in [3.8, 4) is 11.6 Å². The highest BCUT2D eigenvalue weighted by Crippen LogP contribution is 2.18. The van der Waals surface area contributed by atoms with Crippen LogP contribution in [0.15, 0.2) is 73.2 Å². The van der Waals surface area contributed by atoms with Crippen molar-refractivity contribution in [2.45, 2.75) is 19.3 Å². The van der Waals surface area contributed by atoms with Crippen LogP contribution in [0, 0.1) is 0 Å². The third-order valence-electron chi connectivity index (χ3n) is 4.95. The first kappa shape index (κ1) is 20.3. The van der Waals surface area contributed by atoms with E-state index in [0.717, 1.165) is 16.9 Å². The van der Waals surface area contributed by atoms with Gasteiger partial charge in [-0.05, 0) is 55.0 Å². The van der Waals surface area contributed by atoms with Gasteiger partial charge in [-0.3, -0.25) is 14.2 Å². The zero-order chi connectivity index (χ0) is 21.6. The lowest BCUT2D eigenvalue weighted by Crippen LogP contribution is -2.12. The molecule has 7 heteroatoms. The van der Waals surface area contributed by atoms with Crippen LogP contribution in [0.25, 0.3) is 16.9 Å². The largest absolute Gasteiger partial charge is 0.497 e. The zero-order valence-electron chi connectivity index (χ0n) is 17.1. The maximum Gasteiger partial charge on any atom is 0.224 e. The van der Waals surface area contributed by atoms with E-state index in [4.69, 9.17) is 4.74 Å². The summed E-state index contributed by atoms with van der Waals surface area (Å²) >= 11 is 0. The number of nitrogens with one attached hydrogen (secondary N) is 1. The van der Waals surface area contributed by atoms with Gasteiger partial charge in [0.15, 0.2) is 5.78 Å². The van der Waals surface area contributed by atoms with Gasteiger partial charge >= 0.3 is 0 Å². The summed E-state index contributed by atoms with van der Waals surface area (Å²) in [5.74, 6) is 1.28. The lowest BCUT2D eigenvalue weighted by molar-refractivity contribution is -0.116. The number of Topliss-reactive ketones (excluding diaryl/α,β-unsaturated/α-hetero) is 1. The first-order valence-electron chi connectivity index (χ1n) is 9.99. The molecule has 0 radical (unpaired) electrons. The van der Waals surface area contributed by atoms with Gasteiger partial charge in [0.2, 0.25) is 5.91 Å². The second-order valence-electron chi connectivity index (χ2n) is 7.06. The highest BCUT2D eigenvalue weighted by atomic mass is 16.5. The number of amides is 1. The van der Waals surface area contributed by atoms with Crippen molar-refractivity contribution in [3.63, 3.8) is 0 Å². The van der Waals surface area contributed by atoms with Gasteiger partial charge < -0.3 is 10.1 Å². The number of rotatable bonds is 8. The summed E-state index contributed by atoms with van der Waals surface area (Å²) in [5, 5.41) is 2.83. The van der Waals surface area contributed by atoms with E-state index >= 15 is 0 Å². The van der Waals surface area contributed by atoms with Crippen molar-refractivity contribution >= 4 is 28.4 Å². The molecular formula is C24H22N4O3. The summed E-state index contributed by atoms with van der Waals surface area (Å²) < 4.78 is 6.99. The van der Waals surface area contributed by atoms with Gasteiger partial charge in [-0.25, -0.2) is 9.97 Å². The van der Waals surface area contributed by atoms with E-state index in [1.165, 1.54) is 0 Å². The van der Waals surface area contributed by atoms with Crippen molar-refractivity contribution in [3.05, 3.63) is 78.8 Å².